The molecule has 1 N–H and O–H groups in total. The zero-order valence-corrected chi connectivity index (χ0v) is 9.26. The number of rotatable bonds is 1. The van der Waals surface area contributed by atoms with Gasteiger partial charge in [0.15, 0.2) is 0 Å². The average molecular weight is 239 g/mol. The number of benzene rings is 2. The van der Waals surface area contributed by atoms with Crippen LogP contribution >= 0.6 is 23.2 Å². The van der Waals surface area contributed by atoms with Crippen LogP contribution in [0.1, 0.15) is 0 Å². The lowest BCUT2D eigenvalue weighted by atomic mass is 10.1. The molecule has 2 aromatic rings. The van der Waals surface area contributed by atoms with Gasteiger partial charge >= 0.3 is 0 Å². The molecule has 2 aromatic carbocycles. The molecule has 0 radical (unpaired) electrons. The zero-order chi connectivity index (χ0) is 10.8. The minimum Gasteiger partial charge on any atom is -0.507 e. The van der Waals surface area contributed by atoms with Gasteiger partial charge in [0.05, 0.1) is 0 Å². The van der Waals surface area contributed by atoms with E-state index in [0.29, 0.717) is 10.0 Å². The highest BCUT2D eigenvalue weighted by Gasteiger charge is 2.04. The summed E-state index contributed by atoms with van der Waals surface area (Å²) in [7, 11) is 0. The largest absolute Gasteiger partial charge is 0.507 e. The van der Waals surface area contributed by atoms with Crippen LogP contribution in [0.15, 0.2) is 42.5 Å². The Labute approximate surface area is 97.9 Å². The zero-order valence-electron chi connectivity index (χ0n) is 7.74. The Bertz CT molecular complexity index is 474. The summed E-state index contributed by atoms with van der Waals surface area (Å²) in [5.41, 5.74) is 1.53. The first-order chi connectivity index (χ1) is 7.16. The van der Waals surface area contributed by atoms with Crippen molar-refractivity contribution in [3.63, 3.8) is 0 Å². The number of halogens is 2. The van der Waals surface area contributed by atoms with Crippen LogP contribution in [0.2, 0.25) is 10.0 Å². The maximum Gasteiger partial charge on any atom is 0.123 e. The first kappa shape index (κ1) is 10.3. The molecule has 0 saturated heterocycles. The van der Waals surface area contributed by atoms with Crippen LogP contribution in [-0.4, -0.2) is 5.11 Å². The van der Waals surface area contributed by atoms with Crippen molar-refractivity contribution in [1.29, 1.82) is 0 Å². The highest BCUT2D eigenvalue weighted by molar-refractivity contribution is 6.35. The molecule has 3 heteroatoms. The van der Waals surface area contributed by atoms with E-state index in [-0.39, 0.29) is 5.75 Å². The number of phenolic OH excluding ortho intramolecular Hbond substituents is 1. The first-order valence-electron chi connectivity index (χ1n) is 4.41. The molecule has 0 aromatic heterocycles. The highest BCUT2D eigenvalue weighted by atomic mass is 35.5. The molecule has 0 heterocycles. The van der Waals surface area contributed by atoms with Crippen LogP contribution in [0.5, 0.6) is 5.75 Å². The van der Waals surface area contributed by atoms with Gasteiger partial charge in [-0.25, -0.2) is 0 Å². The van der Waals surface area contributed by atoms with Gasteiger partial charge in [-0.1, -0.05) is 41.4 Å². The van der Waals surface area contributed by atoms with Crippen LogP contribution in [0.3, 0.4) is 0 Å². The fourth-order valence-electron chi connectivity index (χ4n) is 1.43. The lowest BCUT2D eigenvalue weighted by molar-refractivity contribution is 0.477. The Hall–Kier alpha value is -1.18. The van der Waals surface area contributed by atoms with Gasteiger partial charge in [0.2, 0.25) is 0 Å². The summed E-state index contributed by atoms with van der Waals surface area (Å²) in [5, 5.41) is 10.8. The third-order valence-electron chi connectivity index (χ3n) is 2.08. The second-order valence-corrected chi connectivity index (χ2v) is 4.05. The van der Waals surface area contributed by atoms with Gasteiger partial charge in [0.1, 0.15) is 5.75 Å². The predicted octanol–water partition coefficient (Wildman–Crippen LogP) is 4.37. The van der Waals surface area contributed by atoms with E-state index in [1.807, 2.05) is 12.1 Å². The van der Waals surface area contributed by atoms with Gasteiger partial charge in [-0.05, 0) is 29.8 Å². The van der Waals surface area contributed by atoms with Crippen LogP contribution in [0.25, 0.3) is 11.1 Å². The number of para-hydroxylation sites is 1. The molecule has 0 fully saturated rings. The second-order valence-electron chi connectivity index (χ2n) is 3.18. The van der Waals surface area contributed by atoms with Crippen molar-refractivity contribution in [1.82, 2.24) is 0 Å². The average Bonchev–Trinajstić information content (AvgIpc) is 2.16. The summed E-state index contributed by atoms with van der Waals surface area (Å²) in [6, 6.07) is 12.3. The number of phenols is 1. The molecule has 0 bridgehead atoms. The second kappa shape index (κ2) is 4.13. The Morgan fingerprint density at radius 1 is 0.867 bits per heavy atom. The van der Waals surface area contributed by atoms with E-state index in [9.17, 15) is 5.11 Å². The molecular formula is C12H8Cl2O. The SMILES string of the molecule is Oc1ccccc1-c1cc(Cl)cc(Cl)c1. The third kappa shape index (κ3) is 2.25. The molecule has 0 aliphatic carbocycles. The molecule has 1 nitrogen and oxygen atoms in total. The van der Waals surface area contributed by atoms with Crippen LogP contribution in [0, 0.1) is 0 Å². The standard InChI is InChI=1S/C12H8Cl2O/c13-9-5-8(6-10(14)7-9)11-3-1-2-4-12(11)15/h1-7,15H. The third-order valence-corrected chi connectivity index (χ3v) is 2.51. The summed E-state index contributed by atoms with van der Waals surface area (Å²) in [4.78, 5) is 0. The topological polar surface area (TPSA) is 20.2 Å². The fraction of sp³-hybridized carbons (Fsp3) is 0. The molecule has 76 valence electrons. The van der Waals surface area contributed by atoms with E-state index in [4.69, 9.17) is 23.2 Å². The molecule has 0 amide bonds. The summed E-state index contributed by atoms with van der Waals surface area (Å²) in [6.07, 6.45) is 0. The molecule has 0 saturated carbocycles. The van der Waals surface area contributed by atoms with E-state index in [0.717, 1.165) is 11.1 Å². The number of hydrogen-bond acceptors (Lipinski definition) is 1. The van der Waals surface area contributed by atoms with Gasteiger partial charge in [0, 0.05) is 15.6 Å². The van der Waals surface area contributed by atoms with Crippen LogP contribution in [-0.2, 0) is 0 Å². The van der Waals surface area contributed by atoms with Crippen molar-refractivity contribution in [2.24, 2.45) is 0 Å². The predicted molar refractivity (Wildman–Crippen MR) is 63.6 cm³/mol. The fourth-order valence-corrected chi connectivity index (χ4v) is 1.95. The molecule has 0 aliphatic rings. The molecule has 0 spiro atoms. The minimum absolute atomic E-state index is 0.218. The Kier molecular flexibility index (Phi) is 2.85. The Balaban J connectivity index is 2.59. The van der Waals surface area contributed by atoms with Gasteiger partial charge in [-0.2, -0.15) is 0 Å². The molecule has 0 atom stereocenters. The normalized spacial score (nSPS) is 10.3. The lowest BCUT2D eigenvalue weighted by Crippen LogP contribution is -1.79. The van der Waals surface area contributed by atoms with Crippen molar-refractivity contribution in [2.45, 2.75) is 0 Å². The number of hydrogen-bond donors (Lipinski definition) is 1. The van der Waals surface area contributed by atoms with E-state index < -0.39 is 0 Å². The molecule has 15 heavy (non-hydrogen) atoms. The van der Waals surface area contributed by atoms with Crippen molar-refractivity contribution in [2.75, 3.05) is 0 Å². The summed E-state index contributed by atoms with van der Waals surface area (Å²) in [5.74, 6) is 0.218. The van der Waals surface area contributed by atoms with Crippen molar-refractivity contribution in [3.05, 3.63) is 52.5 Å². The van der Waals surface area contributed by atoms with Gasteiger partial charge in [0.25, 0.3) is 0 Å². The van der Waals surface area contributed by atoms with E-state index >= 15 is 0 Å². The summed E-state index contributed by atoms with van der Waals surface area (Å²) >= 11 is 11.8. The van der Waals surface area contributed by atoms with Gasteiger partial charge in [-0.3, -0.25) is 0 Å². The summed E-state index contributed by atoms with van der Waals surface area (Å²) < 4.78 is 0. The van der Waals surface area contributed by atoms with E-state index in [2.05, 4.69) is 0 Å². The summed E-state index contributed by atoms with van der Waals surface area (Å²) in [6.45, 7) is 0. The Morgan fingerprint density at radius 3 is 2.07 bits per heavy atom. The van der Waals surface area contributed by atoms with Crippen LogP contribution in [0.4, 0.5) is 0 Å². The van der Waals surface area contributed by atoms with Gasteiger partial charge < -0.3 is 5.11 Å². The minimum atomic E-state index is 0.218. The maximum absolute atomic E-state index is 9.66. The van der Waals surface area contributed by atoms with Crippen molar-refractivity contribution in [3.8, 4) is 16.9 Å². The van der Waals surface area contributed by atoms with Crippen molar-refractivity contribution < 1.29 is 5.11 Å². The smallest absolute Gasteiger partial charge is 0.123 e. The molecule has 2 rings (SSSR count). The van der Waals surface area contributed by atoms with Gasteiger partial charge in [-0.15, -0.1) is 0 Å². The quantitative estimate of drug-likeness (QED) is 0.783. The van der Waals surface area contributed by atoms with Crippen LogP contribution < -0.4 is 0 Å². The van der Waals surface area contributed by atoms with E-state index in [1.54, 1.807) is 30.3 Å². The molecule has 0 unspecified atom stereocenters. The first-order valence-corrected chi connectivity index (χ1v) is 5.17. The number of aromatic hydroxyl groups is 1. The maximum atomic E-state index is 9.66. The van der Waals surface area contributed by atoms with Crippen molar-refractivity contribution >= 4 is 23.2 Å². The molecular weight excluding hydrogens is 231 g/mol. The lowest BCUT2D eigenvalue weighted by Gasteiger charge is -2.05. The monoisotopic (exact) mass is 238 g/mol. The molecule has 0 aliphatic heterocycles. The highest BCUT2D eigenvalue weighted by Crippen LogP contribution is 2.32. The van der Waals surface area contributed by atoms with E-state index in [1.165, 1.54) is 0 Å². The Morgan fingerprint density at radius 2 is 1.47 bits per heavy atom.